The molecule has 0 fully saturated rings. The summed E-state index contributed by atoms with van der Waals surface area (Å²) in [6, 6.07) is 16.0. The molecule has 3 heterocycles. The molecule has 30 heavy (non-hydrogen) atoms. The van der Waals surface area contributed by atoms with E-state index in [0.29, 0.717) is 28.8 Å². The molecule has 0 saturated heterocycles. The predicted molar refractivity (Wildman–Crippen MR) is 116 cm³/mol. The Bertz CT molecular complexity index is 1150. The molecule has 2 aromatic carbocycles. The van der Waals surface area contributed by atoms with E-state index in [1.54, 1.807) is 31.6 Å². The normalized spacial score (nSPS) is 17.6. The zero-order chi connectivity index (χ0) is 20.7. The van der Waals surface area contributed by atoms with Crippen LogP contribution in [-0.4, -0.2) is 17.1 Å². The molecule has 0 bridgehead atoms. The third-order valence-electron chi connectivity index (χ3n) is 5.25. The van der Waals surface area contributed by atoms with Crippen LogP contribution in [0.4, 0.5) is 10.1 Å². The maximum absolute atomic E-state index is 13.6. The molecular formula is C23H18FN3O2S. The van der Waals surface area contributed by atoms with Gasteiger partial charge in [-0.15, -0.1) is 0 Å². The van der Waals surface area contributed by atoms with Crippen molar-refractivity contribution in [1.29, 1.82) is 0 Å². The van der Waals surface area contributed by atoms with Crippen molar-refractivity contribution in [3.63, 3.8) is 0 Å². The Balaban J connectivity index is 1.67. The number of para-hydroxylation sites is 1. The third-order valence-corrected chi connectivity index (χ3v) is 5.61. The van der Waals surface area contributed by atoms with Gasteiger partial charge in [-0.25, -0.2) is 4.39 Å². The Kier molecular flexibility index (Phi) is 4.59. The fourth-order valence-corrected chi connectivity index (χ4v) is 4.08. The van der Waals surface area contributed by atoms with Gasteiger partial charge < -0.3 is 14.8 Å². The van der Waals surface area contributed by atoms with Crippen LogP contribution in [0.2, 0.25) is 0 Å². The topological polar surface area (TPSA) is 46.6 Å². The first-order valence-electron chi connectivity index (χ1n) is 9.48. The van der Waals surface area contributed by atoms with E-state index in [2.05, 4.69) is 10.3 Å². The molecule has 2 aliphatic rings. The Morgan fingerprint density at radius 3 is 2.63 bits per heavy atom. The fraction of sp³-hybridized carbons (Fsp3) is 0.130. The van der Waals surface area contributed by atoms with E-state index < -0.39 is 0 Å². The number of halogens is 1. The minimum atomic E-state index is -0.332. The second-order valence-electron chi connectivity index (χ2n) is 7.01. The molecule has 1 unspecified atom stereocenters. The summed E-state index contributed by atoms with van der Waals surface area (Å²) >= 11 is 5.71. The largest absolute Gasteiger partial charge is 0.493 e. The lowest BCUT2D eigenvalue weighted by atomic mass is 9.98. The summed E-state index contributed by atoms with van der Waals surface area (Å²) in [6.07, 6.45) is 3.73. The van der Waals surface area contributed by atoms with Crippen LogP contribution in [0.15, 0.2) is 78.4 Å². The van der Waals surface area contributed by atoms with E-state index in [1.165, 1.54) is 12.1 Å². The lowest BCUT2D eigenvalue weighted by molar-refractivity contribution is 0.327. The summed E-state index contributed by atoms with van der Waals surface area (Å²) in [4.78, 5) is 6.73. The van der Waals surface area contributed by atoms with Gasteiger partial charge in [0.15, 0.2) is 11.5 Å². The van der Waals surface area contributed by atoms with Crippen LogP contribution in [0.25, 0.3) is 0 Å². The van der Waals surface area contributed by atoms with E-state index in [1.807, 2.05) is 35.2 Å². The number of hydrogen-bond donors (Lipinski definition) is 1. The number of benzene rings is 2. The van der Waals surface area contributed by atoms with Gasteiger partial charge in [-0.2, -0.15) is 0 Å². The second kappa shape index (κ2) is 7.42. The average Bonchev–Trinajstić information content (AvgIpc) is 2.79. The molecular weight excluding hydrogens is 401 g/mol. The minimum Gasteiger partial charge on any atom is -0.493 e. The molecule has 7 heteroatoms. The molecule has 0 saturated carbocycles. The van der Waals surface area contributed by atoms with E-state index in [9.17, 15) is 4.39 Å². The first-order chi connectivity index (χ1) is 14.7. The van der Waals surface area contributed by atoms with Crippen molar-refractivity contribution in [2.45, 2.75) is 12.6 Å². The molecule has 0 spiro atoms. The zero-order valence-electron chi connectivity index (χ0n) is 16.1. The molecule has 3 aromatic rings. The highest BCUT2D eigenvalue weighted by atomic mass is 32.1. The van der Waals surface area contributed by atoms with Crippen LogP contribution < -0.4 is 19.7 Å². The number of thiocarbonyl (C=S) groups is 1. The van der Waals surface area contributed by atoms with Crippen molar-refractivity contribution in [2.75, 3.05) is 12.0 Å². The number of aromatic nitrogens is 1. The summed E-state index contributed by atoms with van der Waals surface area (Å²) in [7, 11) is 1.62. The monoisotopic (exact) mass is 419 g/mol. The Morgan fingerprint density at radius 1 is 1.13 bits per heavy atom. The van der Waals surface area contributed by atoms with E-state index in [4.69, 9.17) is 21.7 Å². The molecule has 5 rings (SSSR count). The van der Waals surface area contributed by atoms with Crippen molar-refractivity contribution in [2.24, 2.45) is 0 Å². The average molecular weight is 419 g/mol. The summed E-state index contributed by atoms with van der Waals surface area (Å²) < 4.78 is 25.6. The lowest BCUT2D eigenvalue weighted by Gasteiger charge is -2.42. The standard InChI is InChI=1S/C23H18FN3O2S/c1-28-19-4-2-3-15-13-18-22(30)26-21(14-9-11-25-12-10-14)27(23(18)29-20(15)19)17-7-5-16(24)6-8-17/h2-12,21H,13H2,1H3,(H,26,30). The second-order valence-corrected chi connectivity index (χ2v) is 7.42. The van der Waals surface area contributed by atoms with Crippen LogP contribution in [0.1, 0.15) is 17.3 Å². The van der Waals surface area contributed by atoms with Crippen molar-refractivity contribution in [3.05, 3.63) is 95.4 Å². The quantitative estimate of drug-likeness (QED) is 0.631. The van der Waals surface area contributed by atoms with Crippen LogP contribution in [0, 0.1) is 5.82 Å². The van der Waals surface area contributed by atoms with E-state index in [-0.39, 0.29) is 12.0 Å². The van der Waals surface area contributed by atoms with Crippen LogP contribution in [-0.2, 0) is 6.42 Å². The van der Waals surface area contributed by atoms with Crippen molar-refractivity contribution >= 4 is 22.9 Å². The summed E-state index contributed by atoms with van der Waals surface area (Å²) in [6.45, 7) is 0. The van der Waals surface area contributed by atoms with Gasteiger partial charge in [0.2, 0.25) is 5.88 Å². The number of pyridine rings is 1. The minimum absolute atomic E-state index is 0.300. The maximum atomic E-state index is 13.6. The molecule has 1 N–H and O–H groups in total. The number of nitrogens with one attached hydrogen (secondary N) is 1. The van der Waals surface area contributed by atoms with E-state index >= 15 is 0 Å². The van der Waals surface area contributed by atoms with Crippen LogP contribution in [0.3, 0.4) is 0 Å². The number of methoxy groups -OCH3 is 1. The SMILES string of the molecule is COc1cccc2c1OC1=C(C2)C(=S)NC(c2ccncc2)N1c1ccc(F)cc1. The van der Waals surface area contributed by atoms with Crippen LogP contribution >= 0.6 is 12.2 Å². The molecule has 0 amide bonds. The number of rotatable bonds is 3. The Morgan fingerprint density at radius 2 is 1.90 bits per heavy atom. The highest BCUT2D eigenvalue weighted by Crippen LogP contribution is 2.43. The fourth-order valence-electron chi connectivity index (χ4n) is 3.81. The number of nitrogens with zero attached hydrogens (tertiary/aromatic N) is 2. The van der Waals surface area contributed by atoms with Gasteiger partial charge in [-0.05, 0) is 48.0 Å². The van der Waals surface area contributed by atoms with Crippen LogP contribution in [0.5, 0.6) is 11.5 Å². The third kappa shape index (κ3) is 3.07. The molecule has 1 aromatic heterocycles. The molecule has 2 aliphatic heterocycles. The molecule has 0 aliphatic carbocycles. The summed E-state index contributed by atoms with van der Waals surface area (Å²) in [5, 5.41) is 3.42. The number of ether oxygens (including phenoxy) is 2. The lowest BCUT2D eigenvalue weighted by Crippen LogP contribution is -2.49. The first-order valence-corrected chi connectivity index (χ1v) is 9.89. The van der Waals surface area contributed by atoms with Gasteiger partial charge in [0, 0.05) is 30.1 Å². The molecule has 0 radical (unpaired) electrons. The number of hydrogen-bond acceptors (Lipinski definition) is 5. The van der Waals surface area contributed by atoms with Gasteiger partial charge >= 0.3 is 0 Å². The molecule has 150 valence electrons. The number of anilines is 1. The van der Waals surface area contributed by atoms with Gasteiger partial charge in [0.05, 0.1) is 12.7 Å². The van der Waals surface area contributed by atoms with Gasteiger partial charge in [0.25, 0.3) is 0 Å². The highest BCUT2D eigenvalue weighted by molar-refractivity contribution is 7.80. The maximum Gasteiger partial charge on any atom is 0.209 e. The highest BCUT2D eigenvalue weighted by Gasteiger charge is 2.38. The summed E-state index contributed by atoms with van der Waals surface area (Å²) in [5.41, 5.74) is 3.61. The smallest absolute Gasteiger partial charge is 0.209 e. The summed E-state index contributed by atoms with van der Waals surface area (Å²) in [5.74, 6) is 1.64. The number of fused-ring (bicyclic) bond motifs is 1. The Hall–Kier alpha value is -3.45. The van der Waals surface area contributed by atoms with Crippen molar-refractivity contribution in [3.8, 4) is 11.5 Å². The van der Waals surface area contributed by atoms with E-state index in [0.717, 1.165) is 22.4 Å². The van der Waals surface area contributed by atoms with Gasteiger partial charge in [0.1, 0.15) is 17.0 Å². The molecule has 1 atom stereocenters. The van der Waals surface area contributed by atoms with Gasteiger partial charge in [-0.1, -0.05) is 24.4 Å². The van der Waals surface area contributed by atoms with Crippen molar-refractivity contribution < 1.29 is 13.9 Å². The first kappa shape index (κ1) is 18.6. The Labute approximate surface area is 178 Å². The van der Waals surface area contributed by atoms with Crippen molar-refractivity contribution in [1.82, 2.24) is 10.3 Å². The predicted octanol–water partition coefficient (Wildman–Crippen LogP) is 4.51. The zero-order valence-corrected chi connectivity index (χ0v) is 16.9. The molecule has 5 nitrogen and oxygen atoms in total. The van der Waals surface area contributed by atoms with Gasteiger partial charge in [-0.3, -0.25) is 9.88 Å².